The van der Waals surface area contributed by atoms with E-state index in [0.717, 1.165) is 69.3 Å². The van der Waals surface area contributed by atoms with Gasteiger partial charge in [-0.2, -0.15) is 0 Å². The fourth-order valence-corrected chi connectivity index (χ4v) is 6.73. The average Bonchev–Trinajstić information content (AvgIpc) is 3.02. The summed E-state index contributed by atoms with van der Waals surface area (Å²) in [6, 6.07) is 6.80. The Morgan fingerprint density at radius 1 is 1.05 bits per heavy atom. The maximum atomic E-state index is 14.9. The molecule has 3 aliphatic heterocycles. The molecule has 242 valence electrons. The van der Waals surface area contributed by atoms with Crippen LogP contribution in [0.3, 0.4) is 0 Å². The summed E-state index contributed by atoms with van der Waals surface area (Å²) >= 11 is 0. The summed E-state index contributed by atoms with van der Waals surface area (Å²) in [5, 5.41) is 7.39. The summed E-state index contributed by atoms with van der Waals surface area (Å²) in [5.74, 6) is 2.03. The van der Waals surface area contributed by atoms with E-state index < -0.39 is 5.67 Å². The first-order valence-electron chi connectivity index (χ1n) is 16.8. The van der Waals surface area contributed by atoms with Gasteiger partial charge in [-0.1, -0.05) is 38.5 Å². The highest BCUT2D eigenvalue weighted by Crippen LogP contribution is 2.30. The summed E-state index contributed by atoms with van der Waals surface area (Å²) in [7, 11) is 0. The smallest absolute Gasteiger partial charge is 0.272 e. The molecular weight excluding hydrogens is 557 g/mol. The molecule has 9 heteroatoms. The Hall–Kier alpha value is -2.62. The number of carbonyl (C=O) groups is 1. The number of hydrogen-bond acceptors (Lipinski definition) is 7. The van der Waals surface area contributed by atoms with Crippen LogP contribution in [-0.2, 0) is 28.1 Å². The van der Waals surface area contributed by atoms with Crippen LogP contribution in [0.15, 0.2) is 18.2 Å². The topological polar surface area (TPSA) is 88.6 Å². The Labute approximate surface area is 262 Å². The zero-order chi connectivity index (χ0) is 31.3. The van der Waals surface area contributed by atoms with Gasteiger partial charge in [0.2, 0.25) is 0 Å². The van der Waals surface area contributed by atoms with E-state index in [9.17, 15) is 9.18 Å². The molecular formula is C35H52FN5O3. The Morgan fingerprint density at radius 2 is 1.77 bits per heavy atom. The molecule has 2 unspecified atom stereocenters. The van der Waals surface area contributed by atoms with Gasteiger partial charge in [0.1, 0.15) is 23.0 Å². The van der Waals surface area contributed by atoms with Crippen molar-refractivity contribution >= 4 is 11.7 Å². The molecule has 1 amide bonds. The minimum atomic E-state index is -1.42. The first kappa shape index (κ1) is 32.8. The summed E-state index contributed by atoms with van der Waals surface area (Å²) < 4.78 is 26.1. The van der Waals surface area contributed by atoms with Crippen molar-refractivity contribution in [3.05, 3.63) is 52.0 Å². The summed E-state index contributed by atoms with van der Waals surface area (Å²) in [6.45, 7) is 14.4. The number of halogens is 1. The number of benzene rings is 1. The van der Waals surface area contributed by atoms with Crippen molar-refractivity contribution in [3.63, 3.8) is 0 Å². The van der Waals surface area contributed by atoms with Crippen molar-refractivity contribution in [2.24, 2.45) is 5.92 Å². The first-order chi connectivity index (χ1) is 21.1. The Bertz CT molecular complexity index is 1270. The summed E-state index contributed by atoms with van der Waals surface area (Å²) in [6.07, 6.45) is 6.50. The van der Waals surface area contributed by atoms with Gasteiger partial charge in [-0.25, -0.2) is 14.4 Å². The van der Waals surface area contributed by atoms with Gasteiger partial charge in [0.05, 0.1) is 6.61 Å². The lowest BCUT2D eigenvalue weighted by Gasteiger charge is -2.37. The molecule has 3 fully saturated rings. The Kier molecular flexibility index (Phi) is 10.9. The zero-order valence-electron chi connectivity index (χ0n) is 27.4. The lowest BCUT2D eigenvalue weighted by Crippen LogP contribution is -2.51. The molecule has 2 N–H and O–H groups in total. The van der Waals surface area contributed by atoms with Gasteiger partial charge in [0, 0.05) is 63.0 Å². The van der Waals surface area contributed by atoms with Crippen molar-refractivity contribution in [3.8, 4) is 0 Å². The van der Waals surface area contributed by atoms with E-state index in [1.54, 1.807) is 13.8 Å². The number of ether oxygens (including phenoxy) is 2. The number of anilines is 1. The Morgan fingerprint density at radius 3 is 2.45 bits per heavy atom. The molecule has 2 atom stereocenters. The minimum absolute atomic E-state index is 0.0213. The number of likely N-dealkylation sites (tertiary alicyclic amines) is 1. The number of carbonyl (C=O) groups excluding carboxylic acids is 1. The van der Waals surface area contributed by atoms with E-state index in [1.165, 1.54) is 5.56 Å². The highest BCUT2D eigenvalue weighted by atomic mass is 19.1. The maximum absolute atomic E-state index is 14.9. The van der Waals surface area contributed by atoms with Gasteiger partial charge in [-0.05, 0) is 81.9 Å². The van der Waals surface area contributed by atoms with Crippen LogP contribution >= 0.6 is 0 Å². The number of hydrogen-bond donors (Lipinski definition) is 2. The number of aryl methyl sites for hydroxylation is 1. The molecule has 2 aromatic rings. The first-order valence-corrected chi connectivity index (χ1v) is 16.8. The van der Waals surface area contributed by atoms with Gasteiger partial charge in [-0.15, -0.1) is 0 Å². The molecule has 1 aromatic heterocycles. The van der Waals surface area contributed by atoms with Crippen molar-refractivity contribution in [2.45, 2.75) is 110 Å². The lowest BCUT2D eigenvalue weighted by molar-refractivity contribution is 0.0321. The third-order valence-corrected chi connectivity index (χ3v) is 9.68. The maximum Gasteiger partial charge on any atom is 0.272 e. The molecule has 1 aromatic carbocycles. The molecule has 5 rings (SSSR count). The number of amides is 1. The summed E-state index contributed by atoms with van der Waals surface area (Å²) in [5.41, 5.74) is 2.75. The molecule has 3 saturated heterocycles. The van der Waals surface area contributed by atoms with Crippen LogP contribution in [0.2, 0.25) is 0 Å². The number of aromatic nitrogens is 2. The van der Waals surface area contributed by atoms with E-state index in [4.69, 9.17) is 19.4 Å². The van der Waals surface area contributed by atoms with Crippen LogP contribution in [-0.4, -0.2) is 72.4 Å². The van der Waals surface area contributed by atoms with E-state index in [2.05, 4.69) is 24.5 Å². The van der Waals surface area contributed by atoms with Crippen molar-refractivity contribution in [2.75, 3.05) is 44.8 Å². The largest absolute Gasteiger partial charge is 0.381 e. The molecule has 0 bridgehead atoms. The second kappa shape index (κ2) is 14.6. The SMILES string of the molecule is CCCc1ccc(C(C)(C)F)cc1CNc1nc(C2CCOCC2)nc(C(=O)N2CCC(NC3CCOCC3C)CC2)c1C. The predicted molar refractivity (Wildman–Crippen MR) is 172 cm³/mol. The molecule has 0 spiro atoms. The molecule has 8 nitrogen and oxygen atoms in total. The zero-order valence-corrected chi connectivity index (χ0v) is 27.4. The second-order valence-electron chi connectivity index (χ2n) is 13.5. The van der Waals surface area contributed by atoms with Crippen molar-refractivity contribution < 1.29 is 18.7 Å². The van der Waals surface area contributed by atoms with Crippen LogP contribution in [0, 0.1) is 12.8 Å². The monoisotopic (exact) mass is 609 g/mol. The average molecular weight is 610 g/mol. The van der Waals surface area contributed by atoms with Gasteiger partial charge >= 0.3 is 0 Å². The molecule has 0 aliphatic carbocycles. The van der Waals surface area contributed by atoms with Crippen LogP contribution in [0.4, 0.5) is 10.2 Å². The predicted octanol–water partition coefficient (Wildman–Crippen LogP) is 6.07. The summed E-state index contributed by atoms with van der Waals surface area (Å²) in [4.78, 5) is 25.9. The van der Waals surface area contributed by atoms with Gasteiger partial charge in [-0.3, -0.25) is 4.79 Å². The standard InChI is InChI=1S/C35H52FN5O3/c1-6-7-25-8-9-28(35(4,5)36)20-27(25)21-37-32-24(3)31(39-33(40-32)26-12-17-43-18-13-26)34(42)41-15-10-29(11-16-41)38-30-14-19-44-22-23(30)2/h8-9,20,23,26,29-30,38H,6-7,10-19,21-22H2,1-5H3,(H,37,39,40). The number of rotatable bonds is 10. The number of piperidine rings is 1. The number of nitrogens with one attached hydrogen (secondary N) is 2. The van der Waals surface area contributed by atoms with Gasteiger partial charge in [0.25, 0.3) is 5.91 Å². The molecule has 0 radical (unpaired) electrons. The fraction of sp³-hybridized carbons (Fsp3) is 0.686. The quantitative estimate of drug-likeness (QED) is 0.338. The van der Waals surface area contributed by atoms with Crippen LogP contribution < -0.4 is 10.6 Å². The minimum Gasteiger partial charge on any atom is -0.381 e. The molecule has 44 heavy (non-hydrogen) atoms. The molecule has 4 heterocycles. The van der Waals surface area contributed by atoms with E-state index in [0.29, 0.717) is 73.7 Å². The fourth-order valence-electron chi connectivity index (χ4n) is 6.73. The molecule has 3 aliphatic rings. The third-order valence-electron chi connectivity index (χ3n) is 9.68. The third kappa shape index (κ3) is 7.96. The van der Waals surface area contributed by atoms with Gasteiger partial charge < -0.3 is 25.0 Å². The number of alkyl halides is 1. The van der Waals surface area contributed by atoms with E-state index in [1.807, 2.05) is 30.0 Å². The van der Waals surface area contributed by atoms with Crippen LogP contribution in [0.25, 0.3) is 0 Å². The second-order valence-corrected chi connectivity index (χ2v) is 13.5. The van der Waals surface area contributed by atoms with E-state index >= 15 is 0 Å². The molecule has 0 saturated carbocycles. The van der Waals surface area contributed by atoms with Crippen LogP contribution in [0.1, 0.15) is 111 Å². The van der Waals surface area contributed by atoms with Crippen LogP contribution in [0.5, 0.6) is 0 Å². The van der Waals surface area contributed by atoms with Crippen molar-refractivity contribution in [1.82, 2.24) is 20.2 Å². The Balaban J connectivity index is 1.35. The highest BCUT2D eigenvalue weighted by Gasteiger charge is 2.31. The normalized spacial score (nSPS) is 22.3. The van der Waals surface area contributed by atoms with Crippen molar-refractivity contribution in [1.29, 1.82) is 0 Å². The lowest BCUT2D eigenvalue weighted by atomic mass is 9.93. The van der Waals surface area contributed by atoms with E-state index in [-0.39, 0.29) is 11.8 Å². The highest BCUT2D eigenvalue weighted by molar-refractivity contribution is 5.95. The number of nitrogens with zero attached hydrogens (tertiary/aromatic N) is 3. The van der Waals surface area contributed by atoms with Gasteiger partial charge in [0.15, 0.2) is 0 Å².